The van der Waals surface area contributed by atoms with Crippen LogP contribution in [0.3, 0.4) is 0 Å². The van der Waals surface area contributed by atoms with Crippen LogP contribution in [0.2, 0.25) is 0 Å². The average molecular weight is 1930 g/mol. The summed E-state index contributed by atoms with van der Waals surface area (Å²) >= 11 is 0. The van der Waals surface area contributed by atoms with Gasteiger partial charge in [0.15, 0.2) is 0 Å². The molecule has 0 unspecified atom stereocenters. The smallest absolute Gasteiger partial charge is 0.143 e. The lowest BCUT2D eigenvalue weighted by Gasteiger charge is -2.28. The Hall–Kier alpha value is -16.4. The van der Waals surface area contributed by atoms with E-state index >= 15 is 0 Å². The fraction of sp³-hybridized carbons (Fsp3) is 0.178. The minimum Gasteiger partial charge on any atom is -0.455 e. The second kappa shape index (κ2) is 32.3. The van der Waals surface area contributed by atoms with Crippen LogP contribution in [0.4, 0.5) is 17.1 Å². The predicted octanol–water partition coefficient (Wildman–Crippen LogP) is 41.2. The Morgan fingerprint density at radius 3 is 1.27 bits per heavy atom. The summed E-state index contributed by atoms with van der Waals surface area (Å²) in [5.74, 6) is 0.459. The molecule has 0 saturated carbocycles. The van der Waals surface area contributed by atoms with Gasteiger partial charge < -0.3 is 18.5 Å². The van der Waals surface area contributed by atoms with Crippen molar-refractivity contribution in [2.45, 2.75) is 170 Å². The number of rotatable bonds is 8. The Bertz CT molecular complexity index is 10300. The van der Waals surface area contributed by atoms with E-state index in [-0.39, 0.29) is 32.5 Å². The molecule has 0 bridgehead atoms. The van der Waals surface area contributed by atoms with Gasteiger partial charge in [-0.2, -0.15) is 0 Å². The molecule has 0 aliphatic heterocycles. The lowest BCUT2D eigenvalue weighted by molar-refractivity contribution is 0.590. The van der Waals surface area contributed by atoms with Crippen LogP contribution < -0.4 is 4.90 Å². The van der Waals surface area contributed by atoms with Gasteiger partial charge >= 0.3 is 0 Å². The standard InChI is InChI=1S/C53H42N2.C49H41N.C44H38O/c1-52(2,3)35-23-28-47-43(31-35)45-30-34-21-25-41-48-33(22-26-42(49(34)48)51(45)55(47)38-19-13-8-14-20-38)29-44-40-27-24-39(32-46(40)53(4,5)50(41)44)54(36-15-9-6-10-16-36)37-17-11-7-12-18-37;1-28-21-29(2)23-33(22-28)30-13-17-36-40-24-31-15-19-39-45-32(14-18-38(44(31)45)46(40)49(6,7)42(36)26-30)25-41-37-20-16-34(48(3,4)5)27-43(37)50(47(39)41)35-11-9-8-10-12-35;1-24(2)25-16-18-38-32(20-25)35-21-27-15-17-30-40-33(23-34-29-13-8-9-14-37(29)44(6,7)41(30)34)31(22-36(39(27)40)42(35)45-38)26-11-10-12-28(19-26)43(3,4)5/h6-32H,1-5H3;8-27H,1-7H3;8-24H,1-7H3. The van der Waals surface area contributed by atoms with Crippen molar-refractivity contribution in [1.82, 2.24) is 9.13 Å². The summed E-state index contributed by atoms with van der Waals surface area (Å²) in [5, 5.41) is 31.5. The van der Waals surface area contributed by atoms with Crippen LogP contribution in [0.1, 0.15) is 190 Å². The largest absolute Gasteiger partial charge is 0.455 e. The molecule has 4 nitrogen and oxygen atoms in total. The molecule has 0 atom stereocenters. The lowest BCUT2D eigenvalue weighted by atomic mass is 9.77. The van der Waals surface area contributed by atoms with Crippen molar-refractivity contribution in [2.24, 2.45) is 0 Å². The van der Waals surface area contributed by atoms with E-state index in [1.165, 1.54) is 291 Å². The van der Waals surface area contributed by atoms with E-state index in [4.69, 9.17) is 4.42 Å². The van der Waals surface area contributed by atoms with Crippen LogP contribution in [0.5, 0.6) is 0 Å². The van der Waals surface area contributed by atoms with Crippen molar-refractivity contribution in [3.8, 4) is 67.0 Å². The maximum Gasteiger partial charge on any atom is 0.143 e. The third-order valence-corrected chi connectivity index (χ3v) is 34.8. The summed E-state index contributed by atoms with van der Waals surface area (Å²) in [6.07, 6.45) is 0. The lowest BCUT2D eigenvalue weighted by Crippen LogP contribution is -2.17. The molecule has 24 aromatic carbocycles. The zero-order chi connectivity index (χ0) is 102. The first kappa shape index (κ1) is 91.1. The van der Waals surface area contributed by atoms with Crippen LogP contribution in [0, 0.1) is 13.8 Å². The number of para-hydroxylation sites is 4. The minimum atomic E-state index is -0.209. The van der Waals surface area contributed by atoms with Crippen molar-refractivity contribution in [3.05, 3.63) is 449 Å². The fourth-order valence-corrected chi connectivity index (χ4v) is 27.5. The first-order chi connectivity index (χ1) is 72.2. The number of hydrogen-bond acceptors (Lipinski definition) is 2. The van der Waals surface area contributed by atoms with Gasteiger partial charge in [-0.15, -0.1) is 0 Å². The SMILES string of the molecule is CC(C)(C)c1ccc2c(c1)c1cc3ccc4c5c(cc6ccc(c3c64)c1n2-c1ccccc1)-c1ccc(N(c2ccccc2)c2ccccc2)cc1C5(C)C.CC(C)c1ccc2oc3c(cc4ccc5c6c(cc7c(-c8cccc(C(C)(C)C)c8)cc3c4c75)-c3ccccc3C6(C)C)c2c1.Cc1cc(C)cc(-c2ccc3c(c2)C(C)(C)c2c-3cc3ccc4c5c(ccc2c35)cc2c3ccc(C(C)(C)C)cc3n(-c3ccccc3)c24)c1. The normalized spacial score (nSPS) is 14.1. The van der Waals surface area contributed by atoms with E-state index in [1.807, 2.05) is 0 Å². The van der Waals surface area contributed by atoms with Crippen molar-refractivity contribution < 1.29 is 4.42 Å². The Kier molecular flexibility index (Phi) is 19.6. The van der Waals surface area contributed by atoms with Crippen molar-refractivity contribution in [3.63, 3.8) is 0 Å². The van der Waals surface area contributed by atoms with Gasteiger partial charge in [0.05, 0.1) is 22.1 Å². The summed E-state index contributed by atoms with van der Waals surface area (Å²) in [4.78, 5) is 2.38. The highest BCUT2D eigenvalue weighted by atomic mass is 16.3. The van der Waals surface area contributed by atoms with Crippen molar-refractivity contribution in [2.75, 3.05) is 4.90 Å². The molecule has 0 fully saturated rings. The quantitative estimate of drug-likeness (QED) is 0.142. The zero-order valence-corrected chi connectivity index (χ0v) is 89.2. The van der Waals surface area contributed by atoms with Gasteiger partial charge in [0.25, 0.3) is 0 Å². The molecular formula is C146H121N3O. The van der Waals surface area contributed by atoms with Crippen LogP contribution in [0.25, 0.3) is 230 Å². The summed E-state index contributed by atoms with van der Waals surface area (Å²) in [7, 11) is 0. The average Bonchev–Trinajstić information content (AvgIpc) is 1.51. The maximum atomic E-state index is 6.80. The molecule has 0 spiro atoms. The van der Waals surface area contributed by atoms with E-state index < -0.39 is 0 Å². The number of nitrogens with zero attached hydrogens (tertiary/aromatic N) is 3. The second-order valence-electron chi connectivity index (χ2n) is 48.6. The van der Waals surface area contributed by atoms with Crippen molar-refractivity contribution in [1.29, 1.82) is 0 Å². The van der Waals surface area contributed by atoms with Gasteiger partial charge in [-0.3, -0.25) is 0 Å². The molecule has 3 aromatic heterocycles. The molecule has 150 heavy (non-hydrogen) atoms. The molecule has 3 heterocycles. The highest BCUT2D eigenvalue weighted by Gasteiger charge is 2.43. The molecule has 0 amide bonds. The van der Waals surface area contributed by atoms with Crippen molar-refractivity contribution >= 4 is 180 Å². The van der Waals surface area contributed by atoms with Crippen LogP contribution >= 0.6 is 0 Å². The monoisotopic (exact) mass is 1930 g/mol. The number of hydrogen-bond donors (Lipinski definition) is 0. The molecule has 0 saturated heterocycles. The molecular weight excluding hydrogens is 1810 g/mol. The minimum absolute atomic E-state index is 0.0540. The van der Waals surface area contributed by atoms with Gasteiger partial charge in [-0.1, -0.05) is 371 Å². The Morgan fingerprint density at radius 2 is 0.700 bits per heavy atom. The highest BCUT2D eigenvalue weighted by Crippen LogP contribution is 2.62. The fourth-order valence-electron chi connectivity index (χ4n) is 27.5. The number of anilines is 3. The van der Waals surface area contributed by atoms with Gasteiger partial charge in [0, 0.05) is 98.5 Å². The summed E-state index contributed by atoms with van der Waals surface area (Å²) in [5.41, 5.74) is 42.4. The first-order valence-electron chi connectivity index (χ1n) is 53.9. The second-order valence-corrected chi connectivity index (χ2v) is 48.6. The summed E-state index contributed by atoms with van der Waals surface area (Å²) in [6.45, 7) is 44.1. The van der Waals surface area contributed by atoms with Crippen LogP contribution in [-0.2, 0) is 32.5 Å². The van der Waals surface area contributed by atoms with Crippen LogP contribution in [-0.4, -0.2) is 9.13 Å². The Balaban J connectivity index is 0.000000109. The number of aryl methyl sites for hydroxylation is 2. The molecule has 726 valence electrons. The number of fused-ring (bicyclic) bond motifs is 24. The molecule has 0 radical (unpaired) electrons. The van der Waals surface area contributed by atoms with E-state index in [2.05, 4.69) is 528 Å². The van der Waals surface area contributed by atoms with Gasteiger partial charge in [-0.25, -0.2) is 0 Å². The topological polar surface area (TPSA) is 26.2 Å². The first-order valence-corrected chi connectivity index (χ1v) is 53.9. The predicted molar refractivity (Wildman–Crippen MR) is 644 cm³/mol. The van der Waals surface area contributed by atoms with E-state index in [0.29, 0.717) is 5.92 Å². The molecule has 4 heteroatoms. The van der Waals surface area contributed by atoms with Crippen LogP contribution in [0.15, 0.2) is 387 Å². The van der Waals surface area contributed by atoms with Gasteiger partial charge in [0.2, 0.25) is 0 Å². The van der Waals surface area contributed by atoms with Gasteiger partial charge in [0.1, 0.15) is 11.2 Å². The number of aromatic nitrogens is 2. The summed E-state index contributed by atoms with van der Waals surface area (Å²) < 4.78 is 11.8. The molecule has 0 N–H and O–H groups in total. The molecule has 30 rings (SSSR count). The maximum absolute atomic E-state index is 6.80. The Labute approximate surface area is 877 Å². The number of benzene rings is 24. The molecule has 27 aromatic rings. The van der Waals surface area contributed by atoms with E-state index in [1.54, 1.807) is 0 Å². The van der Waals surface area contributed by atoms with Gasteiger partial charge in [-0.05, 0) is 362 Å². The zero-order valence-electron chi connectivity index (χ0n) is 89.2. The molecule has 3 aliphatic carbocycles. The third-order valence-electron chi connectivity index (χ3n) is 34.8. The highest BCUT2D eigenvalue weighted by molar-refractivity contribution is 6.37. The molecule has 3 aliphatic rings. The van der Waals surface area contributed by atoms with E-state index in [0.717, 1.165) is 22.5 Å². The summed E-state index contributed by atoms with van der Waals surface area (Å²) in [6, 6.07) is 145. The van der Waals surface area contributed by atoms with E-state index in [9.17, 15) is 0 Å². The number of furan rings is 1. The third kappa shape index (κ3) is 13.4. The Morgan fingerprint density at radius 1 is 0.253 bits per heavy atom.